The lowest BCUT2D eigenvalue weighted by Gasteiger charge is -2.19. The fourth-order valence-electron chi connectivity index (χ4n) is 3.76. The van der Waals surface area contributed by atoms with E-state index in [0.717, 1.165) is 23.3 Å². The standard InChI is InChI=1S/C20H20ClN3O4/c21-14-5-3-13(4-6-14)16-8-7-15(28-16)11-22-17(25)12-24-18(26)20(23-19(24)27)9-1-2-10-20/h3-8H,1-2,9-12H2,(H,22,25)(H,23,27). The molecule has 0 bridgehead atoms. The average Bonchev–Trinajstić information content (AvgIpc) is 3.39. The zero-order valence-electron chi connectivity index (χ0n) is 15.2. The SMILES string of the molecule is O=C(CN1C(=O)NC2(CCCC2)C1=O)NCc1ccc(-c2ccc(Cl)cc2)o1. The van der Waals surface area contributed by atoms with E-state index in [1.165, 1.54) is 0 Å². The van der Waals surface area contributed by atoms with E-state index < -0.39 is 17.5 Å². The van der Waals surface area contributed by atoms with Gasteiger partial charge in [0.1, 0.15) is 23.6 Å². The molecule has 1 aromatic carbocycles. The fraction of sp³-hybridized carbons (Fsp3) is 0.350. The number of imide groups is 1. The molecule has 146 valence electrons. The van der Waals surface area contributed by atoms with Gasteiger partial charge in [-0.15, -0.1) is 0 Å². The van der Waals surface area contributed by atoms with Gasteiger partial charge in [0.15, 0.2) is 0 Å². The maximum atomic E-state index is 12.6. The second-order valence-corrected chi connectivity index (χ2v) is 7.60. The molecule has 1 saturated heterocycles. The van der Waals surface area contributed by atoms with Crippen molar-refractivity contribution in [3.05, 3.63) is 47.2 Å². The maximum absolute atomic E-state index is 12.6. The van der Waals surface area contributed by atoms with Gasteiger partial charge in [-0.05, 0) is 49.2 Å². The van der Waals surface area contributed by atoms with Crippen LogP contribution in [0.3, 0.4) is 0 Å². The summed E-state index contributed by atoms with van der Waals surface area (Å²) in [6.45, 7) is -0.127. The number of furan rings is 1. The summed E-state index contributed by atoms with van der Waals surface area (Å²) in [5.74, 6) is 0.525. The van der Waals surface area contributed by atoms with Gasteiger partial charge in [0, 0.05) is 10.6 Å². The molecule has 1 spiro atoms. The molecule has 1 saturated carbocycles. The van der Waals surface area contributed by atoms with Crippen LogP contribution in [0.15, 0.2) is 40.8 Å². The summed E-state index contributed by atoms with van der Waals surface area (Å²) in [6, 6.07) is 10.3. The van der Waals surface area contributed by atoms with Crippen molar-refractivity contribution in [1.29, 1.82) is 0 Å². The van der Waals surface area contributed by atoms with Crippen molar-refractivity contribution in [2.75, 3.05) is 6.54 Å². The average molecular weight is 402 g/mol. The van der Waals surface area contributed by atoms with E-state index in [1.807, 2.05) is 18.2 Å². The Morgan fingerprint density at radius 1 is 1.14 bits per heavy atom. The zero-order valence-corrected chi connectivity index (χ0v) is 15.9. The van der Waals surface area contributed by atoms with Crippen LogP contribution in [0, 0.1) is 0 Å². The predicted molar refractivity (Wildman–Crippen MR) is 102 cm³/mol. The van der Waals surface area contributed by atoms with Crippen molar-refractivity contribution in [3.63, 3.8) is 0 Å². The molecule has 2 fully saturated rings. The molecule has 4 amide bonds. The van der Waals surface area contributed by atoms with E-state index in [4.69, 9.17) is 16.0 Å². The number of carbonyl (C=O) groups is 3. The Labute approximate surface area is 167 Å². The Morgan fingerprint density at radius 3 is 2.57 bits per heavy atom. The molecular weight excluding hydrogens is 382 g/mol. The number of halogens is 1. The number of carbonyl (C=O) groups excluding carboxylic acids is 3. The maximum Gasteiger partial charge on any atom is 0.325 e. The topological polar surface area (TPSA) is 91.7 Å². The summed E-state index contributed by atoms with van der Waals surface area (Å²) in [6.07, 6.45) is 3.08. The normalized spacial score (nSPS) is 18.0. The molecule has 8 heteroatoms. The van der Waals surface area contributed by atoms with E-state index in [2.05, 4.69) is 10.6 Å². The Bertz CT molecular complexity index is 916. The lowest BCUT2D eigenvalue weighted by molar-refractivity contribution is -0.134. The number of hydrogen-bond donors (Lipinski definition) is 2. The second kappa shape index (κ2) is 7.31. The first-order valence-corrected chi connectivity index (χ1v) is 9.60. The molecule has 7 nitrogen and oxygen atoms in total. The van der Waals surface area contributed by atoms with Crippen LogP contribution >= 0.6 is 11.6 Å². The minimum Gasteiger partial charge on any atom is -0.459 e. The minimum atomic E-state index is -0.800. The van der Waals surface area contributed by atoms with Crippen LogP contribution in [-0.2, 0) is 16.1 Å². The summed E-state index contributed by atoms with van der Waals surface area (Å²) in [5, 5.41) is 6.10. The van der Waals surface area contributed by atoms with Crippen molar-refractivity contribution >= 4 is 29.4 Å². The Hall–Kier alpha value is -2.80. The molecule has 2 N–H and O–H groups in total. The van der Waals surface area contributed by atoms with Crippen LogP contribution < -0.4 is 10.6 Å². The first-order valence-electron chi connectivity index (χ1n) is 9.22. The molecule has 28 heavy (non-hydrogen) atoms. The van der Waals surface area contributed by atoms with Gasteiger partial charge in [-0.3, -0.25) is 14.5 Å². The molecule has 1 aromatic heterocycles. The molecule has 0 radical (unpaired) electrons. The third kappa shape index (κ3) is 3.49. The molecular formula is C20H20ClN3O4. The molecule has 0 atom stereocenters. The van der Waals surface area contributed by atoms with E-state index >= 15 is 0 Å². The van der Waals surface area contributed by atoms with Gasteiger partial charge in [0.25, 0.3) is 5.91 Å². The summed E-state index contributed by atoms with van der Waals surface area (Å²) < 4.78 is 5.73. The first-order chi connectivity index (χ1) is 13.5. The zero-order chi connectivity index (χ0) is 19.7. The van der Waals surface area contributed by atoms with Crippen LogP contribution in [0.5, 0.6) is 0 Å². The highest BCUT2D eigenvalue weighted by atomic mass is 35.5. The second-order valence-electron chi connectivity index (χ2n) is 7.16. The smallest absolute Gasteiger partial charge is 0.325 e. The van der Waals surface area contributed by atoms with Gasteiger partial charge in [-0.1, -0.05) is 24.4 Å². The largest absolute Gasteiger partial charge is 0.459 e. The minimum absolute atomic E-state index is 0.168. The predicted octanol–water partition coefficient (Wildman–Crippen LogP) is 3.08. The van der Waals surface area contributed by atoms with Gasteiger partial charge < -0.3 is 15.1 Å². The van der Waals surface area contributed by atoms with E-state index in [9.17, 15) is 14.4 Å². The van der Waals surface area contributed by atoms with Crippen molar-refractivity contribution < 1.29 is 18.8 Å². The first kappa shape index (κ1) is 18.6. The van der Waals surface area contributed by atoms with Crippen LogP contribution in [0.4, 0.5) is 4.79 Å². The molecule has 1 aliphatic carbocycles. The van der Waals surface area contributed by atoms with Gasteiger partial charge in [0.05, 0.1) is 6.54 Å². The van der Waals surface area contributed by atoms with Crippen LogP contribution in [0.1, 0.15) is 31.4 Å². The van der Waals surface area contributed by atoms with Crippen LogP contribution in [0.25, 0.3) is 11.3 Å². The van der Waals surface area contributed by atoms with Crippen molar-refractivity contribution in [1.82, 2.24) is 15.5 Å². The van der Waals surface area contributed by atoms with Crippen molar-refractivity contribution in [3.8, 4) is 11.3 Å². The molecule has 0 unspecified atom stereocenters. The molecule has 2 aliphatic rings. The molecule has 4 rings (SSSR count). The number of nitrogens with one attached hydrogen (secondary N) is 2. The fourth-order valence-corrected chi connectivity index (χ4v) is 3.89. The van der Waals surface area contributed by atoms with Gasteiger partial charge >= 0.3 is 6.03 Å². The lowest BCUT2D eigenvalue weighted by atomic mass is 9.98. The molecule has 2 heterocycles. The number of rotatable bonds is 5. The number of urea groups is 1. The van der Waals surface area contributed by atoms with E-state index in [-0.39, 0.29) is 19.0 Å². The highest BCUT2D eigenvalue weighted by molar-refractivity contribution is 6.30. The van der Waals surface area contributed by atoms with E-state index in [0.29, 0.717) is 29.4 Å². The molecule has 1 aliphatic heterocycles. The molecule has 2 aromatic rings. The highest BCUT2D eigenvalue weighted by Gasteiger charge is 2.52. The summed E-state index contributed by atoms with van der Waals surface area (Å²) >= 11 is 5.88. The number of amides is 4. The third-order valence-corrected chi connectivity index (χ3v) is 5.51. The van der Waals surface area contributed by atoms with Crippen molar-refractivity contribution in [2.24, 2.45) is 0 Å². The summed E-state index contributed by atoms with van der Waals surface area (Å²) in [5.41, 5.74) is 0.0782. The lowest BCUT2D eigenvalue weighted by Crippen LogP contribution is -2.45. The Morgan fingerprint density at radius 2 is 1.86 bits per heavy atom. The summed E-state index contributed by atoms with van der Waals surface area (Å²) in [7, 11) is 0. The van der Waals surface area contributed by atoms with E-state index in [1.54, 1.807) is 18.2 Å². The monoisotopic (exact) mass is 401 g/mol. The highest BCUT2D eigenvalue weighted by Crippen LogP contribution is 2.34. The number of hydrogen-bond acceptors (Lipinski definition) is 4. The quantitative estimate of drug-likeness (QED) is 0.753. The van der Waals surface area contributed by atoms with Crippen LogP contribution in [-0.4, -0.2) is 34.8 Å². The van der Waals surface area contributed by atoms with Gasteiger partial charge in [-0.25, -0.2) is 4.79 Å². The summed E-state index contributed by atoms with van der Waals surface area (Å²) in [4.78, 5) is 37.9. The van der Waals surface area contributed by atoms with Gasteiger partial charge in [0.2, 0.25) is 5.91 Å². The number of nitrogens with zero attached hydrogens (tertiary/aromatic N) is 1. The number of benzene rings is 1. The van der Waals surface area contributed by atoms with Crippen molar-refractivity contribution in [2.45, 2.75) is 37.8 Å². The third-order valence-electron chi connectivity index (χ3n) is 5.25. The Balaban J connectivity index is 1.33. The van der Waals surface area contributed by atoms with Gasteiger partial charge in [-0.2, -0.15) is 0 Å². The Kier molecular flexibility index (Phi) is 4.85. The van der Waals surface area contributed by atoms with Crippen LogP contribution in [0.2, 0.25) is 5.02 Å².